The zero-order chi connectivity index (χ0) is 15.6. The molecule has 0 atom stereocenters. The fraction of sp³-hybridized carbons (Fsp3) is 0.286. The molecular formula is C14H17BrN2O2S2. The SMILES string of the molecule is CCc1cc(Br)ccc1NS(=O)(=O)c1cc(C)c(CN)s1. The van der Waals surface area contributed by atoms with Gasteiger partial charge in [-0.2, -0.15) is 0 Å². The molecule has 0 radical (unpaired) electrons. The molecule has 1 heterocycles. The molecule has 7 heteroatoms. The van der Waals surface area contributed by atoms with E-state index in [1.165, 1.54) is 11.3 Å². The molecule has 0 spiro atoms. The van der Waals surface area contributed by atoms with Crippen LogP contribution in [0.25, 0.3) is 0 Å². The first-order valence-electron chi connectivity index (χ1n) is 6.48. The summed E-state index contributed by atoms with van der Waals surface area (Å²) < 4.78 is 28.9. The van der Waals surface area contributed by atoms with Crippen molar-refractivity contribution in [1.29, 1.82) is 0 Å². The van der Waals surface area contributed by atoms with Crippen LogP contribution in [0, 0.1) is 6.92 Å². The zero-order valence-electron chi connectivity index (χ0n) is 11.8. The number of benzene rings is 1. The Bertz CT molecular complexity index is 754. The summed E-state index contributed by atoms with van der Waals surface area (Å²) in [6.45, 7) is 4.21. The van der Waals surface area contributed by atoms with Crippen LogP contribution in [0.2, 0.25) is 0 Å². The Morgan fingerprint density at radius 2 is 2.05 bits per heavy atom. The third-order valence-corrected chi connectivity index (χ3v) is 6.73. The molecule has 4 nitrogen and oxygen atoms in total. The van der Waals surface area contributed by atoms with Crippen molar-refractivity contribution in [2.45, 2.75) is 31.0 Å². The second-order valence-corrected chi connectivity index (χ2v) is 8.60. The standard InChI is InChI=1S/C14H17BrN2O2S2/c1-3-10-7-11(15)4-5-12(10)17-21(18,19)14-6-9(2)13(8-16)20-14/h4-7,17H,3,8,16H2,1-2H3. The van der Waals surface area contributed by atoms with E-state index in [1.54, 1.807) is 12.1 Å². The number of thiophene rings is 1. The summed E-state index contributed by atoms with van der Waals surface area (Å²) in [6, 6.07) is 7.18. The molecule has 2 rings (SSSR count). The van der Waals surface area contributed by atoms with Crippen LogP contribution in [0.5, 0.6) is 0 Å². The highest BCUT2D eigenvalue weighted by molar-refractivity contribution is 9.10. The maximum Gasteiger partial charge on any atom is 0.271 e. The summed E-state index contributed by atoms with van der Waals surface area (Å²) in [6.07, 6.45) is 0.745. The number of sulfonamides is 1. The van der Waals surface area contributed by atoms with Gasteiger partial charge in [-0.15, -0.1) is 11.3 Å². The lowest BCUT2D eigenvalue weighted by Gasteiger charge is -2.11. The smallest absolute Gasteiger partial charge is 0.271 e. The van der Waals surface area contributed by atoms with Gasteiger partial charge in [-0.1, -0.05) is 22.9 Å². The number of aryl methyl sites for hydroxylation is 2. The molecule has 0 aliphatic rings. The van der Waals surface area contributed by atoms with Crippen molar-refractivity contribution in [1.82, 2.24) is 0 Å². The van der Waals surface area contributed by atoms with Gasteiger partial charge >= 0.3 is 0 Å². The number of halogens is 1. The van der Waals surface area contributed by atoms with Crippen molar-refractivity contribution in [3.05, 3.63) is 44.7 Å². The normalized spacial score (nSPS) is 11.6. The lowest BCUT2D eigenvalue weighted by atomic mass is 10.1. The Morgan fingerprint density at radius 3 is 2.62 bits per heavy atom. The van der Waals surface area contributed by atoms with Crippen LogP contribution in [0.15, 0.2) is 32.9 Å². The van der Waals surface area contributed by atoms with E-state index in [2.05, 4.69) is 20.7 Å². The molecular weight excluding hydrogens is 372 g/mol. The van der Waals surface area contributed by atoms with Gasteiger partial charge in [-0.25, -0.2) is 8.42 Å². The molecule has 0 saturated carbocycles. The summed E-state index contributed by atoms with van der Waals surface area (Å²) in [5.74, 6) is 0. The van der Waals surface area contributed by atoms with Crippen LogP contribution >= 0.6 is 27.3 Å². The van der Waals surface area contributed by atoms with E-state index in [0.717, 1.165) is 26.9 Å². The number of rotatable bonds is 5. The summed E-state index contributed by atoms with van der Waals surface area (Å²) in [5, 5.41) is 0. The highest BCUT2D eigenvalue weighted by Gasteiger charge is 2.19. The first-order chi connectivity index (χ1) is 9.87. The van der Waals surface area contributed by atoms with E-state index in [0.29, 0.717) is 16.4 Å². The van der Waals surface area contributed by atoms with E-state index in [1.807, 2.05) is 26.0 Å². The van der Waals surface area contributed by atoms with Crippen LogP contribution < -0.4 is 10.5 Å². The topological polar surface area (TPSA) is 72.2 Å². The van der Waals surface area contributed by atoms with Crippen molar-refractivity contribution >= 4 is 43.0 Å². The Hall–Kier alpha value is -0.890. The molecule has 0 saturated heterocycles. The van der Waals surface area contributed by atoms with Crippen molar-refractivity contribution in [2.75, 3.05) is 4.72 Å². The lowest BCUT2D eigenvalue weighted by Crippen LogP contribution is -2.12. The average molecular weight is 389 g/mol. The molecule has 1 aromatic carbocycles. The van der Waals surface area contributed by atoms with E-state index >= 15 is 0 Å². The first kappa shape index (κ1) is 16.5. The van der Waals surface area contributed by atoms with Crippen LogP contribution in [0.4, 0.5) is 5.69 Å². The van der Waals surface area contributed by atoms with Crippen molar-refractivity contribution in [3.63, 3.8) is 0 Å². The van der Waals surface area contributed by atoms with Gasteiger partial charge in [0.2, 0.25) is 0 Å². The molecule has 0 aliphatic heterocycles. The Morgan fingerprint density at radius 1 is 1.33 bits per heavy atom. The Balaban J connectivity index is 2.37. The van der Waals surface area contributed by atoms with Crippen LogP contribution in [0.3, 0.4) is 0 Å². The predicted molar refractivity (Wildman–Crippen MR) is 91.3 cm³/mol. The van der Waals surface area contributed by atoms with Gasteiger partial charge in [0, 0.05) is 15.9 Å². The maximum absolute atomic E-state index is 12.5. The molecule has 2 aromatic rings. The minimum absolute atomic E-state index is 0.297. The number of hydrogen-bond acceptors (Lipinski definition) is 4. The average Bonchev–Trinajstić information content (AvgIpc) is 2.82. The van der Waals surface area contributed by atoms with E-state index in [4.69, 9.17) is 5.73 Å². The van der Waals surface area contributed by atoms with Gasteiger partial charge in [0.1, 0.15) is 4.21 Å². The minimum atomic E-state index is -3.57. The molecule has 21 heavy (non-hydrogen) atoms. The first-order valence-corrected chi connectivity index (χ1v) is 9.57. The summed E-state index contributed by atoms with van der Waals surface area (Å²) in [4.78, 5) is 0.891. The third kappa shape index (κ3) is 3.66. The molecule has 114 valence electrons. The second-order valence-electron chi connectivity index (χ2n) is 4.64. The quantitative estimate of drug-likeness (QED) is 0.820. The van der Waals surface area contributed by atoms with Crippen LogP contribution in [-0.2, 0) is 23.0 Å². The number of anilines is 1. The number of nitrogens with one attached hydrogen (secondary N) is 1. The maximum atomic E-state index is 12.5. The van der Waals surface area contributed by atoms with Crippen molar-refractivity contribution in [2.24, 2.45) is 5.73 Å². The zero-order valence-corrected chi connectivity index (χ0v) is 15.0. The Kier molecular flexibility index (Phi) is 5.08. The van der Waals surface area contributed by atoms with Gasteiger partial charge in [0.15, 0.2) is 0 Å². The molecule has 0 fully saturated rings. The third-order valence-electron chi connectivity index (χ3n) is 3.14. The summed E-state index contributed by atoms with van der Waals surface area (Å²) in [7, 11) is -3.57. The minimum Gasteiger partial charge on any atom is -0.326 e. The van der Waals surface area contributed by atoms with Crippen LogP contribution in [-0.4, -0.2) is 8.42 Å². The van der Waals surface area contributed by atoms with Gasteiger partial charge in [0.25, 0.3) is 10.0 Å². The van der Waals surface area contributed by atoms with E-state index < -0.39 is 10.0 Å². The highest BCUT2D eigenvalue weighted by Crippen LogP contribution is 2.29. The van der Waals surface area contributed by atoms with Gasteiger partial charge in [-0.05, 0) is 48.7 Å². The van der Waals surface area contributed by atoms with E-state index in [-0.39, 0.29) is 0 Å². The predicted octanol–water partition coefficient (Wildman–Crippen LogP) is 3.64. The second kappa shape index (κ2) is 6.48. The highest BCUT2D eigenvalue weighted by atomic mass is 79.9. The Labute approximate surface area is 137 Å². The fourth-order valence-electron chi connectivity index (χ4n) is 1.97. The molecule has 0 aliphatic carbocycles. The van der Waals surface area contributed by atoms with Gasteiger partial charge in [0.05, 0.1) is 5.69 Å². The summed E-state index contributed by atoms with van der Waals surface area (Å²) in [5.41, 5.74) is 8.08. The van der Waals surface area contributed by atoms with Crippen molar-refractivity contribution < 1.29 is 8.42 Å². The molecule has 3 N–H and O–H groups in total. The van der Waals surface area contributed by atoms with Crippen LogP contribution in [0.1, 0.15) is 22.9 Å². The molecule has 0 bridgehead atoms. The van der Waals surface area contributed by atoms with Gasteiger partial charge < -0.3 is 5.73 Å². The molecule has 1 aromatic heterocycles. The summed E-state index contributed by atoms with van der Waals surface area (Å²) >= 11 is 4.61. The number of hydrogen-bond donors (Lipinski definition) is 2. The fourth-order valence-corrected chi connectivity index (χ4v) is 4.95. The monoisotopic (exact) mass is 388 g/mol. The molecule has 0 amide bonds. The largest absolute Gasteiger partial charge is 0.326 e. The van der Waals surface area contributed by atoms with E-state index in [9.17, 15) is 8.42 Å². The van der Waals surface area contributed by atoms with Crippen molar-refractivity contribution in [3.8, 4) is 0 Å². The number of nitrogens with two attached hydrogens (primary N) is 1. The van der Waals surface area contributed by atoms with Gasteiger partial charge in [-0.3, -0.25) is 4.72 Å². The molecule has 0 unspecified atom stereocenters. The lowest BCUT2D eigenvalue weighted by molar-refractivity contribution is 0.603.